The molecule has 3 rings (SSSR count). The molecule has 0 radical (unpaired) electrons. The number of hydrogen-bond acceptors (Lipinski definition) is 8. The first-order valence-corrected chi connectivity index (χ1v) is 12.9. The first-order chi connectivity index (χ1) is 17.4. The Morgan fingerprint density at radius 2 is 2.00 bits per heavy atom. The Morgan fingerprint density at radius 1 is 1.17 bits per heavy atom. The van der Waals surface area contributed by atoms with Crippen LogP contribution in [0.3, 0.4) is 0 Å². The van der Waals surface area contributed by atoms with Crippen molar-refractivity contribution in [1.29, 1.82) is 0 Å². The van der Waals surface area contributed by atoms with Gasteiger partial charge >= 0.3 is 6.09 Å². The highest BCUT2D eigenvalue weighted by atomic mass is 16.6. The van der Waals surface area contributed by atoms with Crippen LogP contribution in [0.5, 0.6) is 11.5 Å². The topological polar surface area (TPSA) is 110 Å². The minimum absolute atomic E-state index is 0.00489. The molecule has 0 bridgehead atoms. The largest absolute Gasteiger partial charge is 0.493 e. The van der Waals surface area contributed by atoms with E-state index in [9.17, 15) is 9.59 Å². The van der Waals surface area contributed by atoms with E-state index < -0.39 is 6.09 Å². The Balaban J connectivity index is 1.61. The van der Waals surface area contributed by atoms with E-state index in [0.29, 0.717) is 62.5 Å². The standard InChI is InChI=1S/C26H42N4O6/c1-18(2)30(25(31)19-8-9-22(34-4)23(13-19)35-12-6-11-33-3)17-20-14-27-16-24(20)36-26(32)29-15-21-7-5-10-28-21/h8-9,13,18,20-21,24,27-28H,5-7,10-12,14-17H2,1-4H3,(H,29,32)/t20-,21+,24-/m1/s1. The minimum atomic E-state index is -0.407. The van der Waals surface area contributed by atoms with Gasteiger partial charge in [0.05, 0.1) is 13.7 Å². The van der Waals surface area contributed by atoms with Crippen LogP contribution in [0.4, 0.5) is 4.79 Å². The average Bonchev–Trinajstić information content (AvgIpc) is 3.55. The van der Waals surface area contributed by atoms with Crippen molar-refractivity contribution in [1.82, 2.24) is 20.9 Å². The fourth-order valence-corrected chi connectivity index (χ4v) is 4.60. The first kappa shape index (κ1) is 28.0. The third kappa shape index (κ3) is 7.97. The van der Waals surface area contributed by atoms with Crippen LogP contribution in [0, 0.1) is 5.92 Å². The Labute approximate surface area is 214 Å². The summed E-state index contributed by atoms with van der Waals surface area (Å²) in [5.41, 5.74) is 0.525. The quantitative estimate of drug-likeness (QED) is 0.349. The summed E-state index contributed by atoms with van der Waals surface area (Å²) < 4.78 is 22.1. The molecule has 1 aromatic rings. The van der Waals surface area contributed by atoms with Crippen molar-refractivity contribution in [2.45, 2.75) is 51.3 Å². The normalized spacial score (nSPS) is 21.4. The van der Waals surface area contributed by atoms with Gasteiger partial charge in [0.1, 0.15) is 6.10 Å². The number of nitrogens with one attached hydrogen (secondary N) is 3. The van der Waals surface area contributed by atoms with Crippen molar-refractivity contribution in [3.63, 3.8) is 0 Å². The number of amides is 2. The maximum absolute atomic E-state index is 13.5. The second-order valence-corrected chi connectivity index (χ2v) is 9.65. The third-order valence-corrected chi connectivity index (χ3v) is 6.67. The molecule has 2 fully saturated rings. The fourth-order valence-electron chi connectivity index (χ4n) is 4.60. The summed E-state index contributed by atoms with van der Waals surface area (Å²) in [4.78, 5) is 27.8. The predicted octanol–water partition coefficient (Wildman–Crippen LogP) is 2.03. The van der Waals surface area contributed by atoms with E-state index in [1.54, 1.807) is 32.4 Å². The zero-order chi connectivity index (χ0) is 25.9. The molecule has 0 spiro atoms. The molecule has 36 heavy (non-hydrogen) atoms. The van der Waals surface area contributed by atoms with Gasteiger partial charge in [-0.2, -0.15) is 0 Å². The molecule has 2 aliphatic heterocycles. The van der Waals surface area contributed by atoms with Gasteiger partial charge in [-0.25, -0.2) is 4.79 Å². The smallest absolute Gasteiger partial charge is 0.407 e. The van der Waals surface area contributed by atoms with Gasteiger partial charge in [-0.05, 0) is 51.4 Å². The Hall–Kier alpha value is -2.56. The molecular weight excluding hydrogens is 464 g/mol. The molecule has 10 heteroatoms. The summed E-state index contributed by atoms with van der Waals surface area (Å²) in [6.45, 7) is 8.31. The number of nitrogens with zero attached hydrogens (tertiary/aromatic N) is 1. The summed E-state index contributed by atoms with van der Waals surface area (Å²) in [5, 5.41) is 9.54. The zero-order valence-electron chi connectivity index (χ0n) is 22.0. The second-order valence-electron chi connectivity index (χ2n) is 9.65. The molecule has 2 heterocycles. The van der Waals surface area contributed by atoms with Gasteiger partial charge in [0, 0.05) is 69.9 Å². The molecule has 2 aliphatic rings. The highest BCUT2D eigenvalue weighted by molar-refractivity contribution is 5.95. The van der Waals surface area contributed by atoms with Gasteiger partial charge in [-0.15, -0.1) is 0 Å². The van der Waals surface area contributed by atoms with Crippen LogP contribution in [-0.4, -0.2) is 95.2 Å². The molecule has 2 saturated heterocycles. The first-order valence-electron chi connectivity index (χ1n) is 12.9. The van der Waals surface area contributed by atoms with Crippen molar-refractivity contribution in [3.05, 3.63) is 23.8 Å². The summed E-state index contributed by atoms with van der Waals surface area (Å²) in [5.74, 6) is 0.999. The van der Waals surface area contributed by atoms with Crippen LogP contribution in [0.1, 0.15) is 43.5 Å². The number of methoxy groups -OCH3 is 2. The molecule has 1 aromatic carbocycles. The average molecular weight is 507 g/mol. The summed E-state index contributed by atoms with van der Waals surface area (Å²) in [7, 11) is 3.23. The lowest BCUT2D eigenvalue weighted by Crippen LogP contribution is -2.45. The van der Waals surface area contributed by atoms with Gasteiger partial charge in [-0.1, -0.05) is 0 Å². The van der Waals surface area contributed by atoms with Gasteiger partial charge in [0.2, 0.25) is 0 Å². The lowest BCUT2D eigenvalue weighted by Gasteiger charge is -2.31. The molecule has 3 atom stereocenters. The van der Waals surface area contributed by atoms with Crippen LogP contribution in [-0.2, 0) is 9.47 Å². The van der Waals surface area contributed by atoms with E-state index in [0.717, 1.165) is 25.8 Å². The molecule has 3 N–H and O–H groups in total. The highest BCUT2D eigenvalue weighted by Gasteiger charge is 2.34. The van der Waals surface area contributed by atoms with E-state index in [-0.39, 0.29) is 24.0 Å². The number of rotatable bonds is 13. The SMILES string of the molecule is COCCCOc1cc(C(=O)N(C[C@H]2CNC[C@H]2OC(=O)NC[C@@H]2CCCN2)C(C)C)ccc1OC. The van der Waals surface area contributed by atoms with Gasteiger partial charge in [0.15, 0.2) is 11.5 Å². The summed E-state index contributed by atoms with van der Waals surface area (Å²) in [6, 6.07) is 5.51. The van der Waals surface area contributed by atoms with E-state index >= 15 is 0 Å². The molecule has 0 unspecified atom stereocenters. The van der Waals surface area contributed by atoms with Crippen molar-refractivity contribution >= 4 is 12.0 Å². The second kappa shape index (κ2) is 14.2. The van der Waals surface area contributed by atoms with Crippen molar-refractivity contribution < 1.29 is 28.5 Å². The monoisotopic (exact) mass is 506 g/mol. The number of benzene rings is 1. The fraction of sp³-hybridized carbons (Fsp3) is 0.692. The van der Waals surface area contributed by atoms with Crippen LogP contribution >= 0.6 is 0 Å². The molecule has 202 valence electrons. The van der Waals surface area contributed by atoms with Crippen LogP contribution < -0.4 is 25.4 Å². The maximum atomic E-state index is 13.5. The third-order valence-electron chi connectivity index (χ3n) is 6.67. The lowest BCUT2D eigenvalue weighted by molar-refractivity contribution is 0.0521. The molecular formula is C26H42N4O6. The summed E-state index contributed by atoms with van der Waals surface area (Å²) >= 11 is 0. The molecule has 10 nitrogen and oxygen atoms in total. The maximum Gasteiger partial charge on any atom is 0.407 e. The van der Waals surface area contributed by atoms with Gasteiger partial charge < -0.3 is 39.8 Å². The predicted molar refractivity (Wildman–Crippen MR) is 137 cm³/mol. The van der Waals surface area contributed by atoms with E-state index in [1.165, 1.54) is 0 Å². The molecule has 0 saturated carbocycles. The van der Waals surface area contributed by atoms with Gasteiger partial charge in [-0.3, -0.25) is 4.79 Å². The van der Waals surface area contributed by atoms with Crippen molar-refractivity contribution in [2.75, 3.05) is 60.2 Å². The van der Waals surface area contributed by atoms with Crippen molar-refractivity contribution in [2.24, 2.45) is 5.92 Å². The Bertz CT molecular complexity index is 846. The number of hydrogen-bond donors (Lipinski definition) is 3. The lowest BCUT2D eigenvalue weighted by atomic mass is 10.0. The van der Waals surface area contributed by atoms with E-state index in [1.807, 2.05) is 18.7 Å². The number of alkyl carbamates (subject to hydrolysis) is 1. The number of carbonyl (C=O) groups is 2. The van der Waals surface area contributed by atoms with Crippen LogP contribution in [0.25, 0.3) is 0 Å². The Morgan fingerprint density at radius 3 is 2.69 bits per heavy atom. The van der Waals surface area contributed by atoms with E-state index in [2.05, 4.69) is 16.0 Å². The number of carbonyl (C=O) groups excluding carboxylic acids is 2. The van der Waals surface area contributed by atoms with Crippen LogP contribution in [0.15, 0.2) is 18.2 Å². The van der Waals surface area contributed by atoms with Gasteiger partial charge in [0.25, 0.3) is 5.91 Å². The molecule has 0 aromatic heterocycles. The molecule has 2 amide bonds. The zero-order valence-corrected chi connectivity index (χ0v) is 22.0. The summed E-state index contributed by atoms with van der Waals surface area (Å²) in [6.07, 6.45) is 2.22. The van der Waals surface area contributed by atoms with Crippen LogP contribution in [0.2, 0.25) is 0 Å². The molecule has 0 aliphatic carbocycles. The highest BCUT2D eigenvalue weighted by Crippen LogP contribution is 2.29. The van der Waals surface area contributed by atoms with Crippen molar-refractivity contribution in [3.8, 4) is 11.5 Å². The van der Waals surface area contributed by atoms with E-state index in [4.69, 9.17) is 18.9 Å². The minimum Gasteiger partial charge on any atom is -0.493 e. The Kier molecular flexibility index (Phi) is 11.1. The number of ether oxygens (including phenoxy) is 4.